The van der Waals surface area contributed by atoms with Gasteiger partial charge in [-0.2, -0.15) is 0 Å². The summed E-state index contributed by atoms with van der Waals surface area (Å²) in [5.74, 6) is 0. The van der Waals surface area contributed by atoms with Crippen molar-refractivity contribution in [2.24, 2.45) is 0 Å². The van der Waals surface area contributed by atoms with E-state index < -0.39 is 0 Å². The van der Waals surface area contributed by atoms with Gasteiger partial charge in [-0.1, -0.05) is 0 Å². The van der Waals surface area contributed by atoms with E-state index in [9.17, 15) is 0 Å². The van der Waals surface area contributed by atoms with Crippen LogP contribution in [0.1, 0.15) is 11.1 Å². The molecular weight excluding hydrogens is 226 g/mol. The molecule has 0 spiro atoms. The summed E-state index contributed by atoms with van der Waals surface area (Å²) in [6, 6.07) is 6.04. The molecule has 0 bridgehead atoms. The predicted octanol–water partition coefficient (Wildman–Crippen LogP) is 1.68. The Bertz CT molecular complexity index is 288. The molecule has 0 aliphatic carbocycles. The summed E-state index contributed by atoms with van der Waals surface area (Å²) in [6.07, 6.45) is 3.94. The van der Waals surface area contributed by atoms with Gasteiger partial charge >= 0.3 is 86.3 Å². The van der Waals surface area contributed by atoms with Crippen molar-refractivity contribution >= 4 is 30.6 Å². The first-order valence-corrected chi connectivity index (χ1v) is 5.66. The summed E-state index contributed by atoms with van der Waals surface area (Å²) in [5.41, 5.74) is 1.14. The molecular formula is C8H7GaN2S. The maximum absolute atomic E-state index is 4.32. The molecule has 0 amide bonds. The molecule has 1 aliphatic heterocycles. The van der Waals surface area contributed by atoms with Gasteiger partial charge < -0.3 is 0 Å². The molecule has 2 nitrogen and oxygen atoms in total. The zero-order valence-electron chi connectivity index (χ0n) is 6.42. The Kier molecular flexibility index (Phi) is 2.48. The van der Waals surface area contributed by atoms with E-state index in [0.717, 1.165) is 5.69 Å². The van der Waals surface area contributed by atoms with Gasteiger partial charge in [0, 0.05) is 0 Å². The number of hydrogen-bond acceptors (Lipinski definition) is 3. The van der Waals surface area contributed by atoms with Gasteiger partial charge in [0.1, 0.15) is 0 Å². The standard InChI is InChI=1S/C8H7N2S.Ga/c1-2-4-9-7(3-1)8-10-5-6-11-8;/h1-6,8H;/q-1;+1. The fourth-order valence-corrected chi connectivity index (χ4v) is 3.13. The molecule has 4 heteroatoms. The fraction of sp³-hybridized carbons (Fsp3) is 0.125. The van der Waals surface area contributed by atoms with E-state index in [1.165, 1.54) is 0 Å². The van der Waals surface area contributed by atoms with Crippen LogP contribution >= 0.6 is 11.8 Å². The summed E-state index contributed by atoms with van der Waals surface area (Å²) in [4.78, 5) is 4.32. The van der Waals surface area contributed by atoms with Crippen LogP contribution in [0.5, 0.6) is 0 Å². The van der Waals surface area contributed by atoms with E-state index in [1.54, 1.807) is 30.6 Å². The second kappa shape index (κ2) is 3.59. The van der Waals surface area contributed by atoms with Gasteiger partial charge in [0.05, 0.1) is 0 Å². The van der Waals surface area contributed by atoms with E-state index in [1.807, 2.05) is 18.3 Å². The Balaban J connectivity index is 2.22. The molecule has 12 heavy (non-hydrogen) atoms. The third-order valence-electron chi connectivity index (χ3n) is 1.65. The Morgan fingerprint density at radius 3 is 3.00 bits per heavy atom. The van der Waals surface area contributed by atoms with Crippen LogP contribution in [-0.4, -0.2) is 27.4 Å². The molecule has 2 rings (SSSR count). The average Bonchev–Trinajstić information content (AvgIpc) is 2.53. The second-order valence-electron chi connectivity index (χ2n) is 2.48. The van der Waals surface area contributed by atoms with Crippen LogP contribution < -0.4 is 0 Å². The molecule has 1 aromatic heterocycles. The molecule has 58 valence electrons. The molecule has 0 N–H and O–H groups in total. The SMILES string of the molecule is [Ga][N]1C=CSC1c1ccccn1. The van der Waals surface area contributed by atoms with Crippen molar-refractivity contribution in [3.8, 4) is 0 Å². The molecule has 1 aliphatic rings. The third kappa shape index (κ3) is 1.55. The van der Waals surface area contributed by atoms with Crippen LogP contribution in [0.2, 0.25) is 0 Å². The monoisotopic (exact) mass is 232 g/mol. The van der Waals surface area contributed by atoms with Crippen LogP contribution in [0.3, 0.4) is 0 Å². The van der Waals surface area contributed by atoms with Gasteiger partial charge in [-0.3, -0.25) is 0 Å². The van der Waals surface area contributed by atoms with Crippen LogP contribution in [0.4, 0.5) is 0 Å². The first-order chi connectivity index (χ1) is 5.88. The van der Waals surface area contributed by atoms with E-state index in [0.29, 0.717) is 5.37 Å². The minimum absolute atomic E-state index is 0.395. The van der Waals surface area contributed by atoms with Gasteiger partial charge in [0.2, 0.25) is 0 Å². The minimum atomic E-state index is 0.395. The summed E-state index contributed by atoms with van der Waals surface area (Å²) in [6.45, 7) is 0. The van der Waals surface area contributed by atoms with Gasteiger partial charge in [-0.15, -0.1) is 0 Å². The van der Waals surface area contributed by atoms with E-state index >= 15 is 0 Å². The normalized spacial score (nSPS) is 21.7. The summed E-state index contributed by atoms with van der Waals surface area (Å²) in [5, 5.41) is 2.51. The van der Waals surface area contributed by atoms with E-state index in [2.05, 4.69) is 26.3 Å². The summed E-state index contributed by atoms with van der Waals surface area (Å²) < 4.78 is 2.22. The molecule has 1 unspecified atom stereocenters. The van der Waals surface area contributed by atoms with Crippen molar-refractivity contribution in [1.29, 1.82) is 0 Å². The summed E-state index contributed by atoms with van der Waals surface area (Å²) in [7, 11) is 0. The topological polar surface area (TPSA) is 16.1 Å². The van der Waals surface area contributed by atoms with Crippen molar-refractivity contribution in [3.05, 3.63) is 41.7 Å². The quantitative estimate of drug-likeness (QED) is 0.686. The molecule has 0 saturated carbocycles. The molecule has 1 aromatic rings. The summed E-state index contributed by atoms with van der Waals surface area (Å²) >= 11 is 3.41. The average molecular weight is 233 g/mol. The van der Waals surface area contributed by atoms with Gasteiger partial charge in [0.15, 0.2) is 0 Å². The van der Waals surface area contributed by atoms with Crippen molar-refractivity contribution in [3.63, 3.8) is 0 Å². The Morgan fingerprint density at radius 2 is 2.42 bits per heavy atom. The second-order valence-corrected chi connectivity index (χ2v) is 4.72. The predicted molar refractivity (Wildman–Crippen MR) is 51.3 cm³/mol. The Labute approximate surface area is 86.2 Å². The maximum atomic E-state index is 4.32. The number of aromatic nitrogens is 1. The Morgan fingerprint density at radius 1 is 1.50 bits per heavy atom. The first kappa shape index (κ1) is 8.28. The van der Waals surface area contributed by atoms with Crippen molar-refractivity contribution in [2.75, 3.05) is 0 Å². The van der Waals surface area contributed by atoms with Gasteiger partial charge in [-0.25, -0.2) is 0 Å². The van der Waals surface area contributed by atoms with E-state index in [4.69, 9.17) is 0 Å². The molecule has 0 aromatic carbocycles. The zero-order valence-corrected chi connectivity index (χ0v) is 9.66. The number of pyridine rings is 1. The number of nitrogens with zero attached hydrogens (tertiary/aromatic N) is 2. The van der Waals surface area contributed by atoms with Gasteiger partial charge in [0.25, 0.3) is 0 Å². The first-order valence-electron chi connectivity index (χ1n) is 3.64. The molecule has 1 atom stereocenters. The zero-order chi connectivity index (χ0) is 8.39. The molecule has 0 saturated heterocycles. The molecule has 2 radical (unpaired) electrons. The number of rotatable bonds is 1. The molecule has 0 fully saturated rings. The van der Waals surface area contributed by atoms with Crippen molar-refractivity contribution in [1.82, 2.24) is 8.59 Å². The van der Waals surface area contributed by atoms with Crippen LogP contribution in [0, 0.1) is 0 Å². The number of thioether (sulfide) groups is 1. The Hall–Kier alpha value is -0.324. The van der Waals surface area contributed by atoms with Gasteiger partial charge in [-0.05, 0) is 0 Å². The number of hydrogen-bond donors (Lipinski definition) is 0. The van der Waals surface area contributed by atoms with Crippen molar-refractivity contribution < 1.29 is 0 Å². The third-order valence-corrected chi connectivity index (χ3v) is 4.11. The van der Waals surface area contributed by atoms with E-state index in [-0.39, 0.29) is 0 Å². The van der Waals surface area contributed by atoms with Crippen LogP contribution in [-0.2, 0) is 0 Å². The fourth-order valence-electron chi connectivity index (χ4n) is 1.07. The molecule has 2 heterocycles. The van der Waals surface area contributed by atoms with Crippen LogP contribution in [0.25, 0.3) is 0 Å². The van der Waals surface area contributed by atoms with Crippen LogP contribution in [0.15, 0.2) is 36.0 Å². The van der Waals surface area contributed by atoms with Crippen molar-refractivity contribution in [2.45, 2.75) is 5.37 Å².